The maximum atomic E-state index is 14.3. The van der Waals surface area contributed by atoms with Crippen LogP contribution in [0.1, 0.15) is 41.7 Å². The maximum Gasteiger partial charge on any atom is 0.345 e. The van der Waals surface area contributed by atoms with Crippen molar-refractivity contribution in [2.45, 2.75) is 25.8 Å². The number of carbonyl (C=O) groups is 1. The summed E-state index contributed by atoms with van der Waals surface area (Å²) in [5.41, 5.74) is 6.51. The van der Waals surface area contributed by atoms with E-state index in [1.165, 1.54) is 10.6 Å². The molecule has 1 aromatic carbocycles. The topological polar surface area (TPSA) is 85.8 Å². The highest BCUT2D eigenvalue weighted by molar-refractivity contribution is 6.00. The third kappa shape index (κ3) is 3.02. The van der Waals surface area contributed by atoms with Crippen LogP contribution in [0.2, 0.25) is 0 Å². The predicted octanol–water partition coefficient (Wildman–Crippen LogP) is 3.11. The van der Waals surface area contributed by atoms with E-state index in [9.17, 15) is 13.6 Å². The molecule has 1 aliphatic rings. The Balaban J connectivity index is 1.77. The minimum absolute atomic E-state index is 0.0252. The molecule has 146 valence electrons. The van der Waals surface area contributed by atoms with E-state index in [0.717, 1.165) is 18.6 Å². The van der Waals surface area contributed by atoms with Crippen LogP contribution in [0, 0.1) is 11.6 Å². The largest absolute Gasteiger partial charge is 0.462 e. The average Bonchev–Trinajstić information content (AvgIpc) is 3.27. The summed E-state index contributed by atoms with van der Waals surface area (Å²) in [6, 6.07) is 4.82. The Kier molecular flexibility index (Phi) is 4.58. The molecule has 0 saturated carbocycles. The van der Waals surface area contributed by atoms with Crippen LogP contribution in [0.4, 0.5) is 20.4 Å². The highest BCUT2D eigenvalue weighted by Crippen LogP contribution is 2.37. The van der Waals surface area contributed by atoms with E-state index in [-0.39, 0.29) is 35.2 Å². The lowest BCUT2D eigenvalue weighted by molar-refractivity contribution is 0.0529. The van der Waals surface area contributed by atoms with Gasteiger partial charge in [-0.1, -0.05) is 0 Å². The van der Waals surface area contributed by atoms with E-state index in [1.54, 1.807) is 19.2 Å². The van der Waals surface area contributed by atoms with Gasteiger partial charge < -0.3 is 15.4 Å². The first kappa shape index (κ1) is 18.1. The van der Waals surface area contributed by atoms with Gasteiger partial charge in [0.15, 0.2) is 11.5 Å². The molecular formula is C19H19F2N5O2. The second-order valence-electron chi connectivity index (χ2n) is 6.55. The van der Waals surface area contributed by atoms with Gasteiger partial charge in [-0.25, -0.2) is 23.1 Å². The second kappa shape index (κ2) is 7.06. The monoisotopic (exact) mass is 387 g/mol. The predicted molar refractivity (Wildman–Crippen MR) is 99.0 cm³/mol. The third-order valence-corrected chi connectivity index (χ3v) is 4.84. The van der Waals surface area contributed by atoms with Crippen molar-refractivity contribution in [3.63, 3.8) is 0 Å². The molecule has 3 heterocycles. The number of nitrogens with zero attached hydrogens (tertiary/aromatic N) is 4. The molecule has 28 heavy (non-hydrogen) atoms. The number of nitrogens with two attached hydrogens (primary N) is 1. The molecule has 1 saturated heterocycles. The van der Waals surface area contributed by atoms with Gasteiger partial charge in [-0.2, -0.15) is 0 Å². The molecule has 0 spiro atoms. The third-order valence-electron chi connectivity index (χ3n) is 4.84. The zero-order valence-corrected chi connectivity index (χ0v) is 15.2. The number of nitrogen functional groups attached to an aromatic ring is 1. The first-order valence-corrected chi connectivity index (χ1v) is 9.03. The number of carbonyl (C=O) groups excluding carboxylic acids is 1. The molecule has 1 aliphatic heterocycles. The molecule has 1 atom stereocenters. The van der Waals surface area contributed by atoms with E-state index in [0.29, 0.717) is 18.8 Å². The molecule has 9 heteroatoms. The fraction of sp³-hybridized carbons (Fsp3) is 0.316. The highest BCUT2D eigenvalue weighted by Gasteiger charge is 2.30. The number of esters is 1. The van der Waals surface area contributed by atoms with E-state index >= 15 is 0 Å². The zero-order valence-electron chi connectivity index (χ0n) is 15.2. The van der Waals surface area contributed by atoms with Crippen molar-refractivity contribution >= 4 is 23.3 Å². The summed E-state index contributed by atoms with van der Waals surface area (Å²) in [7, 11) is 0. The van der Waals surface area contributed by atoms with Crippen LogP contribution in [0.25, 0.3) is 5.65 Å². The van der Waals surface area contributed by atoms with Crippen molar-refractivity contribution in [1.29, 1.82) is 0 Å². The first-order chi connectivity index (χ1) is 13.5. The van der Waals surface area contributed by atoms with Gasteiger partial charge in [-0.05, 0) is 44.0 Å². The number of anilines is 2. The Bertz CT molecular complexity index is 1050. The van der Waals surface area contributed by atoms with Gasteiger partial charge in [-0.15, -0.1) is 5.10 Å². The Labute approximate surface area is 159 Å². The van der Waals surface area contributed by atoms with Crippen molar-refractivity contribution in [1.82, 2.24) is 14.6 Å². The van der Waals surface area contributed by atoms with Gasteiger partial charge in [-0.3, -0.25) is 0 Å². The van der Waals surface area contributed by atoms with E-state index < -0.39 is 17.6 Å². The van der Waals surface area contributed by atoms with Crippen LogP contribution in [0.3, 0.4) is 0 Å². The summed E-state index contributed by atoms with van der Waals surface area (Å²) in [4.78, 5) is 18.7. The van der Waals surface area contributed by atoms with Crippen molar-refractivity contribution in [2.24, 2.45) is 0 Å². The molecule has 3 aromatic rings. The van der Waals surface area contributed by atoms with Gasteiger partial charge in [0.2, 0.25) is 0 Å². The molecule has 2 aromatic heterocycles. The number of benzene rings is 1. The van der Waals surface area contributed by atoms with Gasteiger partial charge in [0.1, 0.15) is 23.0 Å². The number of aromatic nitrogens is 3. The lowest BCUT2D eigenvalue weighted by Crippen LogP contribution is -2.24. The summed E-state index contributed by atoms with van der Waals surface area (Å²) >= 11 is 0. The maximum absolute atomic E-state index is 14.3. The summed E-state index contributed by atoms with van der Waals surface area (Å²) in [5.74, 6) is -0.991. The van der Waals surface area contributed by atoms with Gasteiger partial charge in [0.05, 0.1) is 12.6 Å². The molecule has 4 rings (SSSR count). The molecule has 7 nitrogen and oxygen atoms in total. The van der Waals surface area contributed by atoms with Crippen molar-refractivity contribution in [3.05, 3.63) is 53.2 Å². The van der Waals surface area contributed by atoms with E-state index in [1.807, 2.05) is 4.90 Å². The van der Waals surface area contributed by atoms with Crippen molar-refractivity contribution < 1.29 is 18.3 Å². The smallest absolute Gasteiger partial charge is 0.345 e. The quantitative estimate of drug-likeness (QED) is 0.693. The Hall–Kier alpha value is -3.23. The number of hydrogen-bond acceptors (Lipinski definition) is 6. The van der Waals surface area contributed by atoms with Crippen LogP contribution in [-0.4, -0.2) is 33.7 Å². The van der Waals surface area contributed by atoms with Gasteiger partial charge in [0.25, 0.3) is 0 Å². The molecule has 2 N–H and O–H groups in total. The molecule has 1 unspecified atom stereocenters. The fourth-order valence-corrected chi connectivity index (χ4v) is 3.63. The summed E-state index contributed by atoms with van der Waals surface area (Å²) in [6.45, 7) is 2.52. The number of ether oxygens (including phenoxy) is 1. The number of fused-ring (bicyclic) bond motifs is 1. The first-order valence-electron chi connectivity index (χ1n) is 9.03. The fourth-order valence-electron chi connectivity index (χ4n) is 3.63. The Morgan fingerprint density at radius 1 is 1.36 bits per heavy atom. The molecule has 0 amide bonds. The highest BCUT2D eigenvalue weighted by atomic mass is 19.1. The summed E-state index contributed by atoms with van der Waals surface area (Å²) in [5, 5.41) is 4.09. The summed E-state index contributed by atoms with van der Waals surface area (Å²) in [6.07, 6.45) is 3.10. The molecule has 0 radical (unpaired) electrons. The van der Waals surface area contributed by atoms with Crippen LogP contribution in [-0.2, 0) is 4.74 Å². The molecular weight excluding hydrogens is 368 g/mol. The van der Waals surface area contributed by atoms with Crippen molar-refractivity contribution in [3.8, 4) is 0 Å². The zero-order chi connectivity index (χ0) is 19.8. The van der Waals surface area contributed by atoms with Crippen LogP contribution in [0.5, 0.6) is 0 Å². The number of hydrogen-bond donors (Lipinski definition) is 1. The van der Waals surface area contributed by atoms with Gasteiger partial charge in [0, 0.05) is 18.3 Å². The minimum atomic E-state index is -0.603. The Morgan fingerprint density at radius 2 is 2.18 bits per heavy atom. The SMILES string of the molecule is CCOC(=O)c1c(N)nn2ccc(N3CCCC3c3cc(F)ccc3F)nc12. The van der Waals surface area contributed by atoms with Crippen LogP contribution in [0.15, 0.2) is 30.5 Å². The Morgan fingerprint density at radius 3 is 2.96 bits per heavy atom. The summed E-state index contributed by atoms with van der Waals surface area (Å²) < 4.78 is 34.4. The van der Waals surface area contributed by atoms with E-state index in [2.05, 4.69) is 10.1 Å². The molecule has 0 aliphatic carbocycles. The van der Waals surface area contributed by atoms with E-state index in [4.69, 9.17) is 10.5 Å². The molecule has 1 fully saturated rings. The number of halogens is 2. The lowest BCUT2D eigenvalue weighted by atomic mass is 10.0. The van der Waals surface area contributed by atoms with Gasteiger partial charge >= 0.3 is 5.97 Å². The second-order valence-corrected chi connectivity index (χ2v) is 6.55. The normalized spacial score (nSPS) is 16.7. The van der Waals surface area contributed by atoms with Crippen LogP contribution >= 0.6 is 0 Å². The lowest BCUT2D eigenvalue weighted by Gasteiger charge is -2.26. The van der Waals surface area contributed by atoms with Crippen LogP contribution < -0.4 is 10.6 Å². The molecule has 0 bridgehead atoms. The number of rotatable bonds is 4. The minimum Gasteiger partial charge on any atom is -0.462 e. The van der Waals surface area contributed by atoms with Crippen molar-refractivity contribution in [2.75, 3.05) is 23.8 Å². The average molecular weight is 387 g/mol. The standard InChI is InChI=1S/C19H19F2N5O2/c1-2-28-19(27)16-17(22)24-26-9-7-15(23-18(16)26)25-8-3-4-14(25)12-10-11(20)5-6-13(12)21/h5-7,9-10,14H,2-4,8H2,1H3,(H2,22,24).